The third-order valence-electron chi connectivity index (χ3n) is 0.380. The van der Waals surface area contributed by atoms with Gasteiger partial charge in [-0.25, -0.2) is 0 Å². The van der Waals surface area contributed by atoms with E-state index in [9.17, 15) is 12.3 Å². The second-order valence-corrected chi connectivity index (χ2v) is 5.75. The van der Waals surface area contributed by atoms with Crippen LogP contribution in [0.25, 0.3) is 0 Å². The van der Waals surface area contributed by atoms with Crippen molar-refractivity contribution in [2.24, 2.45) is 11.3 Å². The standard InChI is InChI=1S/FN3O2S4/c1-10(5,6)4-9-3-7-2-8-9. The zero-order chi connectivity index (χ0) is 7.61. The summed E-state index contributed by atoms with van der Waals surface area (Å²) in [5, 5.41) is 0. The molecule has 0 saturated carbocycles. The molecule has 10 heteroatoms. The van der Waals surface area contributed by atoms with Crippen LogP contribution in [0.5, 0.6) is 0 Å². The maximum atomic E-state index is 11.7. The van der Waals surface area contributed by atoms with E-state index >= 15 is 0 Å². The fraction of sp³-hybridized carbons (Fsp3) is 0. The van der Waals surface area contributed by atoms with Crippen molar-refractivity contribution in [3.63, 3.8) is 0 Å². The molecule has 0 fully saturated rings. The summed E-state index contributed by atoms with van der Waals surface area (Å²) >= 11 is 0.823. The fourth-order valence-corrected chi connectivity index (χ4v) is 4.41. The molecule has 0 spiro atoms. The van der Waals surface area contributed by atoms with Gasteiger partial charge in [0.05, 0.1) is 22.3 Å². The summed E-state index contributed by atoms with van der Waals surface area (Å²) in [6, 6.07) is 0. The molecule has 0 bridgehead atoms. The van der Waals surface area contributed by atoms with Gasteiger partial charge in [-0.2, -0.15) is 8.42 Å². The van der Waals surface area contributed by atoms with Crippen LogP contribution in [-0.2, 0) is 31.7 Å². The molecule has 0 saturated heterocycles. The summed E-state index contributed by atoms with van der Waals surface area (Å²) in [7, 11) is -5.12. The quantitative estimate of drug-likeness (QED) is 0.376. The molecule has 0 amide bonds. The van der Waals surface area contributed by atoms with Crippen LogP contribution < -0.4 is 0 Å². The lowest BCUT2D eigenvalue weighted by atomic mass is 13.9. The summed E-state index contributed by atoms with van der Waals surface area (Å²) in [6.07, 6.45) is 0. The van der Waals surface area contributed by atoms with E-state index in [1.807, 2.05) is 0 Å². The Balaban J connectivity index is 2.86. The van der Waals surface area contributed by atoms with Gasteiger partial charge in [0.1, 0.15) is 9.91 Å². The summed E-state index contributed by atoms with van der Waals surface area (Å²) < 4.78 is 41.1. The molecule has 1 atom stereocenters. The van der Waals surface area contributed by atoms with E-state index in [2.05, 4.69) is 11.3 Å². The predicted molar refractivity (Wildman–Crippen MR) is 39.6 cm³/mol. The van der Waals surface area contributed by atoms with E-state index in [1.165, 1.54) is 0 Å². The molecule has 1 heterocycles. The minimum atomic E-state index is -4.76. The van der Waals surface area contributed by atoms with Crippen molar-refractivity contribution in [2.75, 3.05) is 0 Å². The van der Waals surface area contributed by atoms with Crippen molar-refractivity contribution in [1.82, 2.24) is 0 Å². The first-order valence-electron chi connectivity index (χ1n) is 1.75. The smallest absolute Gasteiger partial charge is 0.169 e. The van der Waals surface area contributed by atoms with E-state index < -0.39 is 20.3 Å². The van der Waals surface area contributed by atoms with Gasteiger partial charge >= 0.3 is 10.4 Å². The Labute approximate surface area is 66.4 Å². The lowest BCUT2D eigenvalue weighted by molar-refractivity contribution is 0.555. The van der Waals surface area contributed by atoms with Crippen LogP contribution in [0.4, 0.5) is 3.89 Å². The molecular formula is FN3O2S4. The minimum absolute atomic E-state index is 0.823. The molecule has 5 nitrogen and oxygen atoms in total. The van der Waals surface area contributed by atoms with E-state index in [4.69, 9.17) is 0 Å². The van der Waals surface area contributed by atoms with Gasteiger partial charge in [0.2, 0.25) is 0 Å². The second kappa shape index (κ2) is 3.07. The number of nitrogens with zero attached hydrogens (tertiary/aromatic N) is 3. The highest BCUT2D eigenvalue weighted by molar-refractivity contribution is 8.71. The van der Waals surface area contributed by atoms with Crippen molar-refractivity contribution in [2.45, 2.75) is 0 Å². The Morgan fingerprint density at radius 2 is 2.30 bits per heavy atom. The Hall–Kier alpha value is 0.200. The molecule has 1 aliphatic heterocycles. The average Bonchev–Trinajstić information content (AvgIpc) is 2.12. The maximum Gasteiger partial charge on any atom is 0.426 e. The third kappa shape index (κ3) is 2.86. The summed E-state index contributed by atoms with van der Waals surface area (Å²) in [6.45, 7) is 0. The van der Waals surface area contributed by atoms with E-state index in [0.717, 1.165) is 22.3 Å². The monoisotopic (exact) mass is 221 g/mol. The van der Waals surface area contributed by atoms with Crippen molar-refractivity contribution in [3.8, 4) is 0 Å². The molecule has 58 valence electrons. The molecule has 1 aliphatic rings. The maximum absolute atomic E-state index is 11.7. The normalized spacial score (nSPS) is 25.1. The molecule has 0 radical (unpaired) electrons. The first-order valence-corrected chi connectivity index (χ1v) is 6.25. The van der Waals surface area contributed by atoms with Gasteiger partial charge in [0, 0.05) is 0 Å². The molecule has 1 unspecified atom stereocenters. The molecule has 1 rings (SSSR count). The van der Waals surface area contributed by atoms with Crippen LogP contribution in [0.2, 0.25) is 0 Å². The van der Waals surface area contributed by atoms with Crippen molar-refractivity contribution < 1.29 is 12.3 Å². The fourth-order valence-electron chi connectivity index (χ4n) is 0.200. The number of rotatable bonds is 1. The highest BCUT2D eigenvalue weighted by atomic mass is 33.1. The highest BCUT2D eigenvalue weighted by Gasteiger charge is 2.08. The predicted octanol–water partition coefficient (Wildman–Crippen LogP) is 0.944. The summed E-state index contributed by atoms with van der Waals surface area (Å²) in [5.74, 6) is 0. The van der Waals surface area contributed by atoms with Crippen molar-refractivity contribution in [3.05, 3.63) is 0 Å². The van der Waals surface area contributed by atoms with Gasteiger partial charge in [0.15, 0.2) is 0 Å². The van der Waals surface area contributed by atoms with Crippen LogP contribution in [0, 0.1) is 0 Å². The van der Waals surface area contributed by atoms with Crippen LogP contribution in [0.15, 0.2) is 11.3 Å². The van der Waals surface area contributed by atoms with Gasteiger partial charge in [-0.15, -0.1) is 7.54 Å². The van der Waals surface area contributed by atoms with Gasteiger partial charge in [-0.05, 0) is 0 Å². The third-order valence-corrected chi connectivity index (χ3v) is 5.07. The zero-order valence-corrected chi connectivity index (χ0v) is 7.44. The van der Waals surface area contributed by atoms with Crippen molar-refractivity contribution in [1.29, 1.82) is 0 Å². The molecule has 10 heavy (non-hydrogen) atoms. The summed E-state index contributed by atoms with van der Waals surface area (Å²) in [4.78, 5) is 0. The average molecular weight is 221 g/mol. The second-order valence-electron chi connectivity index (χ2n) is 1.02. The Kier molecular flexibility index (Phi) is 2.55. The van der Waals surface area contributed by atoms with Gasteiger partial charge < -0.3 is 0 Å². The molecule has 0 aromatic heterocycles. The Bertz CT molecular complexity index is 320. The topological polar surface area (TPSA) is 71.2 Å². The van der Waals surface area contributed by atoms with E-state index in [-0.39, 0.29) is 0 Å². The minimum Gasteiger partial charge on any atom is -0.169 e. The van der Waals surface area contributed by atoms with Crippen molar-refractivity contribution >= 4 is 42.7 Å². The highest BCUT2D eigenvalue weighted by Crippen LogP contribution is 2.19. The van der Waals surface area contributed by atoms with Crippen LogP contribution in [0.1, 0.15) is 0 Å². The van der Waals surface area contributed by atoms with Crippen LogP contribution in [0.3, 0.4) is 0 Å². The molecular weight excluding hydrogens is 221 g/mol. The molecule has 0 aromatic carbocycles. The Morgan fingerprint density at radius 3 is 2.70 bits per heavy atom. The number of halogens is 1. The number of hydrogen-bond acceptors (Lipinski definition) is 4. The lowest BCUT2D eigenvalue weighted by Crippen LogP contribution is -1.83. The van der Waals surface area contributed by atoms with Gasteiger partial charge in [-0.3, -0.25) is 0 Å². The van der Waals surface area contributed by atoms with Crippen LogP contribution >= 0.6 is 11.0 Å². The van der Waals surface area contributed by atoms with E-state index in [1.54, 1.807) is 0 Å². The zero-order valence-electron chi connectivity index (χ0n) is 4.17. The van der Waals surface area contributed by atoms with E-state index in [0.29, 0.717) is 0 Å². The van der Waals surface area contributed by atoms with Gasteiger partial charge in [-0.1, -0.05) is 7.65 Å². The number of hydrogen-bond donors (Lipinski definition) is 0. The molecule has 0 aliphatic carbocycles. The first kappa shape index (κ1) is 8.30. The lowest BCUT2D eigenvalue weighted by Gasteiger charge is -1.82. The SMILES string of the molecule is O=S(=O)(F)/N=S1/N=S=NS1. The first-order chi connectivity index (χ1) is 4.58. The molecule has 0 N–H and O–H groups in total. The Morgan fingerprint density at radius 1 is 1.60 bits per heavy atom. The van der Waals surface area contributed by atoms with Gasteiger partial charge in [0.25, 0.3) is 0 Å². The summed E-state index contributed by atoms with van der Waals surface area (Å²) in [5.41, 5.74) is 0. The largest absolute Gasteiger partial charge is 0.426 e. The molecule has 0 aromatic rings. The van der Waals surface area contributed by atoms with Crippen LogP contribution in [-0.4, -0.2) is 8.42 Å².